The first-order chi connectivity index (χ1) is 13.2. The van der Waals surface area contributed by atoms with Gasteiger partial charge in [-0.1, -0.05) is 17.3 Å². The van der Waals surface area contributed by atoms with Crippen molar-refractivity contribution in [2.75, 3.05) is 19.6 Å². The molecule has 27 heavy (non-hydrogen) atoms. The Hall–Kier alpha value is -2.71. The molecule has 8 nitrogen and oxygen atoms in total. The van der Waals surface area contributed by atoms with Crippen LogP contribution in [0.5, 0.6) is 0 Å². The van der Waals surface area contributed by atoms with Crippen LogP contribution in [0.3, 0.4) is 0 Å². The van der Waals surface area contributed by atoms with Crippen molar-refractivity contribution in [1.29, 1.82) is 0 Å². The molecule has 1 aromatic carbocycles. The molecule has 0 unspecified atom stereocenters. The predicted octanol–water partition coefficient (Wildman–Crippen LogP) is 1.48. The van der Waals surface area contributed by atoms with Crippen LogP contribution in [-0.4, -0.2) is 56.8 Å². The molecule has 1 amide bonds. The number of benzene rings is 1. The predicted molar refractivity (Wildman–Crippen MR) is 99.2 cm³/mol. The summed E-state index contributed by atoms with van der Waals surface area (Å²) in [4.78, 5) is 22.1. The molecule has 1 fully saturated rings. The van der Waals surface area contributed by atoms with Gasteiger partial charge in [0.1, 0.15) is 5.82 Å². The highest BCUT2D eigenvalue weighted by atomic mass is 16.5. The molecule has 8 heteroatoms. The molecule has 4 rings (SSSR count). The van der Waals surface area contributed by atoms with E-state index >= 15 is 0 Å². The molecule has 0 aliphatic carbocycles. The van der Waals surface area contributed by atoms with Gasteiger partial charge in [0.2, 0.25) is 0 Å². The fraction of sp³-hybridized carbons (Fsp3) is 0.421. The molecular weight excluding hydrogens is 346 g/mol. The van der Waals surface area contributed by atoms with Gasteiger partial charge in [-0.25, -0.2) is 4.98 Å². The van der Waals surface area contributed by atoms with Crippen LogP contribution < -0.4 is 5.32 Å². The highest BCUT2D eigenvalue weighted by Crippen LogP contribution is 2.14. The van der Waals surface area contributed by atoms with Crippen molar-refractivity contribution in [1.82, 2.24) is 25.3 Å². The van der Waals surface area contributed by atoms with Crippen molar-refractivity contribution in [2.24, 2.45) is 0 Å². The van der Waals surface area contributed by atoms with Crippen LogP contribution in [0.4, 0.5) is 0 Å². The number of piperidine rings is 1. The van der Waals surface area contributed by atoms with Gasteiger partial charge in [0.05, 0.1) is 23.7 Å². The number of hydrogen-bond acceptors (Lipinski definition) is 6. The maximum Gasteiger partial charge on any atom is 0.273 e. The number of nitrogens with one attached hydrogen (secondary N) is 2. The zero-order valence-electron chi connectivity index (χ0n) is 15.0. The second kappa shape index (κ2) is 7.89. The third-order valence-corrected chi connectivity index (χ3v) is 4.74. The quantitative estimate of drug-likeness (QED) is 0.608. The van der Waals surface area contributed by atoms with E-state index in [4.69, 9.17) is 4.52 Å². The van der Waals surface area contributed by atoms with Crippen LogP contribution in [0.1, 0.15) is 34.9 Å². The van der Waals surface area contributed by atoms with E-state index in [0.29, 0.717) is 31.8 Å². The first-order valence-electron chi connectivity index (χ1n) is 9.25. The molecule has 0 spiro atoms. The number of aromatic amines is 1. The number of amides is 1. The third-order valence-electron chi connectivity index (χ3n) is 4.74. The minimum absolute atomic E-state index is 0.264. The summed E-state index contributed by atoms with van der Waals surface area (Å²) in [7, 11) is 0. The van der Waals surface area contributed by atoms with Crippen LogP contribution in [0, 0.1) is 0 Å². The molecule has 0 radical (unpaired) electrons. The van der Waals surface area contributed by atoms with Gasteiger partial charge < -0.3 is 19.9 Å². The van der Waals surface area contributed by atoms with Gasteiger partial charge in [-0.05, 0) is 31.5 Å². The number of nitrogens with zero attached hydrogens (tertiary/aromatic N) is 3. The number of carbonyl (C=O) groups excluding carboxylic acids is 1. The van der Waals surface area contributed by atoms with Crippen molar-refractivity contribution in [2.45, 2.75) is 31.9 Å². The molecule has 1 aliphatic heterocycles. The van der Waals surface area contributed by atoms with Gasteiger partial charge in [0, 0.05) is 25.6 Å². The van der Waals surface area contributed by atoms with Crippen LogP contribution in [0.2, 0.25) is 0 Å². The summed E-state index contributed by atoms with van der Waals surface area (Å²) < 4.78 is 5.28. The van der Waals surface area contributed by atoms with E-state index < -0.39 is 0 Å². The Morgan fingerprint density at radius 1 is 1.41 bits per heavy atom. The Labute approximate surface area is 156 Å². The number of aromatic nitrogens is 3. The largest absolute Gasteiger partial charge is 0.392 e. The standard InChI is InChI=1S/C19H23N5O3/c25-13-4-3-9-24(11-13)12-14-10-17(23-27-14)19(26)20-8-7-18-21-15-5-1-2-6-16(15)22-18/h1-2,5-6,10,13,25H,3-4,7-9,11-12H2,(H,20,26)(H,21,22)/t13-/m1/s1. The zero-order chi connectivity index (χ0) is 18.6. The fourth-order valence-electron chi connectivity index (χ4n) is 3.40. The van der Waals surface area contributed by atoms with E-state index in [1.54, 1.807) is 6.07 Å². The maximum absolute atomic E-state index is 12.2. The first kappa shape index (κ1) is 17.7. The van der Waals surface area contributed by atoms with Gasteiger partial charge in [0.25, 0.3) is 5.91 Å². The summed E-state index contributed by atoms with van der Waals surface area (Å²) in [5.74, 6) is 1.20. The molecule has 1 aliphatic rings. The lowest BCUT2D eigenvalue weighted by Gasteiger charge is -2.28. The lowest BCUT2D eigenvalue weighted by atomic mass is 10.1. The molecule has 1 atom stereocenters. The average molecular weight is 369 g/mol. The van der Waals surface area contributed by atoms with E-state index in [2.05, 4.69) is 25.3 Å². The van der Waals surface area contributed by atoms with E-state index in [9.17, 15) is 9.90 Å². The molecule has 3 N–H and O–H groups in total. The van der Waals surface area contributed by atoms with Gasteiger partial charge in [-0.3, -0.25) is 9.69 Å². The molecule has 2 aromatic heterocycles. The Morgan fingerprint density at radius 3 is 3.15 bits per heavy atom. The number of aliphatic hydroxyl groups excluding tert-OH is 1. The molecule has 1 saturated heterocycles. The summed E-state index contributed by atoms with van der Waals surface area (Å²) in [6.07, 6.45) is 2.12. The Kier molecular flexibility index (Phi) is 5.17. The number of rotatable bonds is 6. The smallest absolute Gasteiger partial charge is 0.273 e. The number of hydrogen-bond donors (Lipinski definition) is 3. The monoisotopic (exact) mass is 369 g/mol. The highest BCUT2D eigenvalue weighted by molar-refractivity contribution is 5.92. The maximum atomic E-state index is 12.2. The summed E-state index contributed by atoms with van der Waals surface area (Å²) in [6.45, 7) is 2.55. The van der Waals surface area contributed by atoms with Crippen molar-refractivity contribution >= 4 is 16.9 Å². The van der Waals surface area contributed by atoms with Crippen molar-refractivity contribution in [3.63, 3.8) is 0 Å². The number of fused-ring (bicyclic) bond motifs is 1. The average Bonchev–Trinajstić information content (AvgIpc) is 3.28. The van der Waals surface area contributed by atoms with E-state index in [1.807, 2.05) is 24.3 Å². The van der Waals surface area contributed by atoms with E-state index in [1.165, 1.54) is 0 Å². The number of H-pyrrole nitrogens is 1. The van der Waals surface area contributed by atoms with Crippen LogP contribution in [0.15, 0.2) is 34.9 Å². The Bertz CT molecular complexity index is 886. The van der Waals surface area contributed by atoms with Crippen LogP contribution in [-0.2, 0) is 13.0 Å². The molecule has 3 heterocycles. The first-order valence-corrected chi connectivity index (χ1v) is 9.25. The van der Waals surface area contributed by atoms with Crippen molar-refractivity contribution in [3.05, 3.63) is 47.6 Å². The van der Waals surface area contributed by atoms with Crippen molar-refractivity contribution in [3.8, 4) is 0 Å². The van der Waals surface area contributed by atoms with E-state index in [-0.39, 0.29) is 17.7 Å². The van der Waals surface area contributed by atoms with E-state index in [0.717, 1.165) is 36.2 Å². The minimum Gasteiger partial charge on any atom is -0.392 e. The number of imidazole rings is 1. The topological polar surface area (TPSA) is 107 Å². The van der Waals surface area contributed by atoms with Gasteiger partial charge >= 0.3 is 0 Å². The summed E-state index contributed by atoms with van der Waals surface area (Å²) in [5, 5.41) is 16.4. The number of β-amino-alcohol motifs (C(OH)–C–C–N with tert-alkyl or cyclic N) is 1. The molecule has 0 saturated carbocycles. The molecule has 142 valence electrons. The van der Waals surface area contributed by atoms with Gasteiger partial charge in [-0.15, -0.1) is 0 Å². The zero-order valence-corrected chi connectivity index (χ0v) is 15.0. The SMILES string of the molecule is O=C(NCCc1nc2ccccc2[nH]1)c1cc(CN2CCC[C@@H](O)C2)on1. The second-order valence-electron chi connectivity index (χ2n) is 6.92. The summed E-state index contributed by atoms with van der Waals surface area (Å²) in [6, 6.07) is 9.49. The Balaban J connectivity index is 1.27. The fourth-order valence-corrected chi connectivity index (χ4v) is 3.40. The van der Waals surface area contributed by atoms with Gasteiger partial charge in [0.15, 0.2) is 11.5 Å². The minimum atomic E-state index is -0.289. The molecular formula is C19H23N5O3. The number of para-hydroxylation sites is 2. The molecule has 3 aromatic rings. The number of likely N-dealkylation sites (tertiary alicyclic amines) is 1. The molecule has 0 bridgehead atoms. The Morgan fingerprint density at radius 2 is 2.30 bits per heavy atom. The normalized spacial score (nSPS) is 18.0. The number of carbonyl (C=O) groups is 1. The summed E-state index contributed by atoms with van der Waals surface area (Å²) in [5.41, 5.74) is 2.18. The van der Waals surface area contributed by atoms with Crippen LogP contribution in [0.25, 0.3) is 11.0 Å². The van der Waals surface area contributed by atoms with Crippen molar-refractivity contribution < 1.29 is 14.4 Å². The number of aliphatic hydroxyl groups is 1. The second-order valence-corrected chi connectivity index (χ2v) is 6.92. The van der Waals surface area contributed by atoms with Gasteiger partial charge in [-0.2, -0.15) is 0 Å². The third kappa shape index (κ3) is 4.35. The summed E-state index contributed by atoms with van der Waals surface area (Å²) >= 11 is 0. The highest BCUT2D eigenvalue weighted by Gasteiger charge is 2.20. The lowest BCUT2D eigenvalue weighted by molar-refractivity contribution is 0.0622. The van der Waals surface area contributed by atoms with Crippen LogP contribution >= 0.6 is 0 Å². The lowest BCUT2D eigenvalue weighted by Crippen LogP contribution is -2.37.